The molecule has 0 atom stereocenters. The maximum Gasteiger partial charge on any atom is 0.349 e. The van der Waals surface area contributed by atoms with Crippen LogP contribution in [0.1, 0.15) is 9.67 Å². The number of hydrogen-bond acceptors (Lipinski definition) is 10. The lowest BCUT2D eigenvalue weighted by atomic mass is 10.3. The SMILES string of the molecule is COC(=O)c1sccc1S(=O)(=O)N1CCN(c2cc(N3CCN(C)CC3)ncn2)CC1. The van der Waals surface area contributed by atoms with E-state index < -0.39 is 16.0 Å². The van der Waals surface area contributed by atoms with E-state index in [1.807, 2.05) is 6.07 Å². The predicted molar refractivity (Wildman–Crippen MR) is 118 cm³/mol. The van der Waals surface area contributed by atoms with Crippen LogP contribution in [0.3, 0.4) is 0 Å². The van der Waals surface area contributed by atoms with Gasteiger partial charge in [-0.25, -0.2) is 23.2 Å². The Hall–Kier alpha value is -2.28. The molecule has 10 nitrogen and oxygen atoms in total. The first-order valence-electron chi connectivity index (χ1n) is 10.1. The number of rotatable bonds is 5. The van der Waals surface area contributed by atoms with Gasteiger partial charge in [0.1, 0.15) is 27.7 Å². The second-order valence-corrected chi connectivity index (χ2v) is 10.3. The summed E-state index contributed by atoms with van der Waals surface area (Å²) >= 11 is 1.07. The van der Waals surface area contributed by atoms with Crippen LogP contribution in [0, 0.1) is 0 Å². The lowest BCUT2D eigenvalue weighted by Gasteiger charge is -2.36. The van der Waals surface area contributed by atoms with E-state index in [4.69, 9.17) is 4.74 Å². The van der Waals surface area contributed by atoms with Gasteiger partial charge in [-0.05, 0) is 18.5 Å². The van der Waals surface area contributed by atoms with Crippen LogP contribution in [-0.4, -0.2) is 100 Å². The summed E-state index contributed by atoms with van der Waals surface area (Å²) in [5.74, 6) is 1.06. The van der Waals surface area contributed by atoms with Gasteiger partial charge in [-0.15, -0.1) is 11.3 Å². The standard InChI is InChI=1S/C19H26N6O4S2/c1-22-4-6-23(7-5-22)16-13-17(21-14-20-16)24-8-10-25(11-9-24)31(27,28)15-3-12-30-18(15)19(26)29-2/h3,12-14H,4-11H2,1-2H3. The molecule has 4 rings (SSSR count). The topological polar surface area (TPSA) is 99.2 Å². The molecule has 0 aliphatic carbocycles. The third-order valence-electron chi connectivity index (χ3n) is 5.65. The van der Waals surface area contributed by atoms with E-state index in [2.05, 4.69) is 31.7 Å². The molecule has 0 unspecified atom stereocenters. The number of hydrogen-bond donors (Lipinski definition) is 0. The number of thiophene rings is 1. The minimum atomic E-state index is -3.77. The van der Waals surface area contributed by atoms with Crippen LogP contribution < -0.4 is 9.80 Å². The number of ether oxygens (including phenoxy) is 1. The molecule has 0 N–H and O–H groups in total. The highest BCUT2D eigenvalue weighted by Crippen LogP contribution is 2.27. The Bertz CT molecular complexity index is 1030. The Morgan fingerprint density at radius 3 is 2.16 bits per heavy atom. The quantitative estimate of drug-likeness (QED) is 0.586. The van der Waals surface area contributed by atoms with Crippen molar-refractivity contribution in [3.05, 3.63) is 28.7 Å². The molecular weight excluding hydrogens is 440 g/mol. The summed E-state index contributed by atoms with van der Waals surface area (Å²) in [5, 5.41) is 1.59. The van der Waals surface area contributed by atoms with Gasteiger partial charge in [0.15, 0.2) is 0 Å². The number of likely N-dealkylation sites (N-methyl/N-ethyl adjacent to an activating group) is 1. The number of methoxy groups -OCH3 is 1. The number of anilines is 2. The van der Waals surface area contributed by atoms with Crippen LogP contribution in [0.15, 0.2) is 28.7 Å². The molecule has 2 aliphatic heterocycles. The number of aromatic nitrogens is 2. The van der Waals surface area contributed by atoms with E-state index in [-0.39, 0.29) is 9.77 Å². The third kappa shape index (κ3) is 4.52. The van der Waals surface area contributed by atoms with Crippen molar-refractivity contribution >= 4 is 39.0 Å². The second kappa shape index (κ2) is 9.07. The molecule has 2 aliphatic rings. The van der Waals surface area contributed by atoms with Crippen LogP contribution in [-0.2, 0) is 14.8 Å². The Morgan fingerprint density at radius 2 is 1.58 bits per heavy atom. The zero-order valence-corrected chi connectivity index (χ0v) is 19.2. The summed E-state index contributed by atoms with van der Waals surface area (Å²) in [6.07, 6.45) is 1.57. The predicted octanol–water partition coefficient (Wildman–Crippen LogP) is 0.587. The summed E-state index contributed by atoms with van der Waals surface area (Å²) in [5.41, 5.74) is 0. The molecule has 2 aromatic rings. The van der Waals surface area contributed by atoms with E-state index in [0.717, 1.165) is 49.2 Å². The molecule has 0 amide bonds. The van der Waals surface area contributed by atoms with Gasteiger partial charge >= 0.3 is 5.97 Å². The van der Waals surface area contributed by atoms with Crippen LogP contribution in [0.5, 0.6) is 0 Å². The molecule has 2 aromatic heterocycles. The average Bonchev–Trinajstić information content (AvgIpc) is 3.30. The summed E-state index contributed by atoms with van der Waals surface area (Å²) in [4.78, 5) is 27.5. The van der Waals surface area contributed by atoms with E-state index >= 15 is 0 Å². The monoisotopic (exact) mass is 466 g/mol. The number of esters is 1. The molecule has 0 aromatic carbocycles. The fraction of sp³-hybridized carbons (Fsp3) is 0.526. The van der Waals surface area contributed by atoms with Crippen molar-refractivity contribution in [2.24, 2.45) is 0 Å². The van der Waals surface area contributed by atoms with Gasteiger partial charge in [0.2, 0.25) is 10.0 Å². The Labute approximate surface area is 186 Å². The highest BCUT2D eigenvalue weighted by molar-refractivity contribution is 7.89. The summed E-state index contributed by atoms with van der Waals surface area (Å²) in [6.45, 7) is 5.47. The van der Waals surface area contributed by atoms with Gasteiger partial charge in [-0.2, -0.15) is 4.31 Å². The van der Waals surface area contributed by atoms with Crippen molar-refractivity contribution in [3.8, 4) is 0 Å². The van der Waals surface area contributed by atoms with Crippen LogP contribution in [0.2, 0.25) is 0 Å². The molecule has 2 fully saturated rings. The minimum absolute atomic E-state index is 0.0113. The summed E-state index contributed by atoms with van der Waals surface area (Å²) in [7, 11) is -0.413. The summed E-state index contributed by atoms with van der Waals surface area (Å²) in [6, 6.07) is 3.44. The van der Waals surface area contributed by atoms with Gasteiger partial charge in [0.05, 0.1) is 7.11 Å². The minimum Gasteiger partial charge on any atom is -0.465 e. The molecular formula is C19H26N6O4S2. The first-order valence-corrected chi connectivity index (χ1v) is 12.4. The lowest BCUT2D eigenvalue weighted by molar-refractivity contribution is 0.0602. The largest absolute Gasteiger partial charge is 0.465 e. The average molecular weight is 467 g/mol. The third-order valence-corrected chi connectivity index (χ3v) is 8.61. The maximum absolute atomic E-state index is 13.1. The maximum atomic E-state index is 13.1. The molecule has 0 bridgehead atoms. The van der Waals surface area contributed by atoms with E-state index in [0.29, 0.717) is 26.2 Å². The zero-order valence-electron chi connectivity index (χ0n) is 17.6. The molecule has 168 valence electrons. The fourth-order valence-electron chi connectivity index (χ4n) is 3.76. The van der Waals surface area contributed by atoms with Gasteiger partial charge < -0.3 is 19.4 Å². The highest BCUT2D eigenvalue weighted by atomic mass is 32.2. The number of nitrogens with zero attached hydrogens (tertiary/aromatic N) is 6. The first kappa shape index (κ1) is 21.9. The Balaban J connectivity index is 1.44. The van der Waals surface area contributed by atoms with E-state index in [1.54, 1.807) is 11.7 Å². The number of carbonyl (C=O) groups is 1. The Morgan fingerprint density at radius 1 is 1.00 bits per heavy atom. The summed E-state index contributed by atoms with van der Waals surface area (Å²) < 4.78 is 32.3. The molecule has 2 saturated heterocycles. The smallest absolute Gasteiger partial charge is 0.349 e. The molecule has 0 saturated carbocycles. The second-order valence-electron chi connectivity index (χ2n) is 7.52. The molecule has 0 radical (unpaired) electrons. The van der Waals surface area contributed by atoms with Gasteiger partial charge in [-0.1, -0.05) is 0 Å². The normalized spacial score (nSPS) is 18.9. The van der Waals surface area contributed by atoms with Crippen LogP contribution in [0.4, 0.5) is 11.6 Å². The van der Waals surface area contributed by atoms with E-state index in [9.17, 15) is 13.2 Å². The Kier molecular flexibility index (Phi) is 6.42. The molecule has 12 heteroatoms. The molecule has 0 spiro atoms. The molecule has 4 heterocycles. The van der Waals surface area contributed by atoms with Gasteiger partial charge in [-0.3, -0.25) is 0 Å². The van der Waals surface area contributed by atoms with Crippen molar-refractivity contribution in [3.63, 3.8) is 0 Å². The fourth-order valence-corrected chi connectivity index (χ4v) is 6.49. The van der Waals surface area contributed by atoms with Crippen molar-refractivity contribution in [1.82, 2.24) is 19.2 Å². The van der Waals surface area contributed by atoms with Gasteiger partial charge in [0.25, 0.3) is 0 Å². The van der Waals surface area contributed by atoms with Crippen molar-refractivity contribution in [2.75, 3.05) is 76.3 Å². The first-order chi connectivity index (χ1) is 14.9. The zero-order chi connectivity index (χ0) is 22.0. The highest BCUT2D eigenvalue weighted by Gasteiger charge is 2.33. The number of piperazine rings is 2. The van der Waals surface area contributed by atoms with Crippen molar-refractivity contribution in [1.29, 1.82) is 0 Å². The van der Waals surface area contributed by atoms with Crippen molar-refractivity contribution in [2.45, 2.75) is 4.90 Å². The van der Waals surface area contributed by atoms with Crippen LogP contribution >= 0.6 is 11.3 Å². The molecule has 31 heavy (non-hydrogen) atoms. The number of sulfonamides is 1. The lowest BCUT2D eigenvalue weighted by Crippen LogP contribution is -2.49. The number of carbonyl (C=O) groups excluding carboxylic acids is 1. The van der Waals surface area contributed by atoms with Crippen molar-refractivity contribution < 1.29 is 17.9 Å². The van der Waals surface area contributed by atoms with Gasteiger partial charge in [0, 0.05) is 58.4 Å². The van der Waals surface area contributed by atoms with E-state index in [1.165, 1.54) is 17.5 Å². The van der Waals surface area contributed by atoms with Crippen LogP contribution in [0.25, 0.3) is 0 Å².